The lowest BCUT2D eigenvalue weighted by molar-refractivity contribution is 0.566. The van der Waals surface area contributed by atoms with E-state index in [0.29, 0.717) is 11.7 Å². The van der Waals surface area contributed by atoms with Gasteiger partial charge in [-0.25, -0.2) is 18.4 Å². The Bertz CT molecular complexity index is 592. The van der Waals surface area contributed by atoms with Gasteiger partial charge in [0.25, 0.3) is 0 Å². The van der Waals surface area contributed by atoms with Crippen LogP contribution in [0, 0.1) is 0 Å². The van der Waals surface area contributed by atoms with Crippen molar-refractivity contribution in [2.45, 2.75) is 31.5 Å². The van der Waals surface area contributed by atoms with Gasteiger partial charge >= 0.3 is 0 Å². The van der Waals surface area contributed by atoms with Crippen LogP contribution >= 0.6 is 11.8 Å². The molecule has 1 fully saturated rings. The molecule has 0 aromatic carbocycles. The molecule has 2 heterocycles. The third-order valence-electron chi connectivity index (χ3n) is 3.40. The minimum Gasteiger partial charge on any atom is -0.370 e. The summed E-state index contributed by atoms with van der Waals surface area (Å²) < 4.78 is 23.4. The van der Waals surface area contributed by atoms with Gasteiger partial charge in [0.2, 0.25) is 0 Å². The van der Waals surface area contributed by atoms with Crippen molar-refractivity contribution in [3.63, 3.8) is 0 Å². The molecule has 0 aliphatic carbocycles. The number of nitrogens with one attached hydrogen (secondary N) is 1. The zero-order chi connectivity index (χ0) is 15.5. The molecule has 0 bridgehead atoms. The Morgan fingerprint density at radius 1 is 1.48 bits per heavy atom. The van der Waals surface area contributed by atoms with Gasteiger partial charge in [-0.2, -0.15) is 0 Å². The molecule has 0 spiro atoms. The van der Waals surface area contributed by atoms with Crippen molar-refractivity contribution in [1.82, 2.24) is 9.97 Å². The van der Waals surface area contributed by atoms with Crippen molar-refractivity contribution >= 4 is 33.2 Å². The minimum absolute atomic E-state index is 0.0626. The number of rotatable bonds is 5. The molecule has 0 radical (unpaired) electrons. The van der Waals surface area contributed by atoms with Crippen molar-refractivity contribution < 1.29 is 8.42 Å². The predicted molar refractivity (Wildman–Crippen MR) is 88.1 cm³/mol. The third kappa shape index (κ3) is 4.23. The second kappa shape index (κ2) is 6.83. The van der Waals surface area contributed by atoms with Crippen LogP contribution in [0.2, 0.25) is 0 Å². The largest absolute Gasteiger partial charge is 0.370 e. The number of thioether (sulfide) groups is 1. The molecule has 118 valence electrons. The standard InChI is InChI=1S/C13H22N4O2S2/c1-4-5-14-11-8-12(16-13(15-11)20-3)17-6-7-21(18,19)9-10(17)2/h8,10H,4-7,9H2,1-3H3,(H,14,15,16). The SMILES string of the molecule is CCCNc1cc(N2CCS(=O)(=O)CC2C)nc(SC)n1. The van der Waals surface area contributed by atoms with Crippen LogP contribution < -0.4 is 10.2 Å². The Balaban J connectivity index is 2.25. The Labute approximate surface area is 130 Å². The van der Waals surface area contributed by atoms with Crippen LogP contribution in [0.15, 0.2) is 11.2 Å². The maximum atomic E-state index is 11.7. The molecular formula is C13H22N4O2S2. The first-order valence-electron chi connectivity index (χ1n) is 7.09. The zero-order valence-electron chi connectivity index (χ0n) is 12.7. The quantitative estimate of drug-likeness (QED) is 0.650. The monoisotopic (exact) mass is 330 g/mol. The van der Waals surface area contributed by atoms with Gasteiger partial charge in [0.1, 0.15) is 11.6 Å². The normalized spacial score (nSPS) is 21.3. The van der Waals surface area contributed by atoms with Crippen molar-refractivity contribution in [2.24, 2.45) is 0 Å². The average Bonchev–Trinajstić information content (AvgIpc) is 2.43. The van der Waals surface area contributed by atoms with Gasteiger partial charge in [0, 0.05) is 25.2 Å². The highest BCUT2D eigenvalue weighted by Gasteiger charge is 2.29. The molecule has 2 rings (SSSR count). The molecular weight excluding hydrogens is 308 g/mol. The number of anilines is 2. The fraction of sp³-hybridized carbons (Fsp3) is 0.692. The maximum Gasteiger partial charge on any atom is 0.191 e. The van der Waals surface area contributed by atoms with E-state index in [1.807, 2.05) is 19.2 Å². The zero-order valence-corrected chi connectivity index (χ0v) is 14.3. The topological polar surface area (TPSA) is 75.2 Å². The van der Waals surface area contributed by atoms with Crippen molar-refractivity contribution in [2.75, 3.05) is 41.1 Å². The van der Waals surface area contributed by atoms with E-state index in [0.717, 1.165) is 24.6 Å². The third-order valence-corrected chi connectivity index (χ3v) is 5.74. The van der Waals surface area contributed by atoms with E-state index in [1.165, 1.54) is 11.8 Å². The van der Waals surface area contributed by atoms with E-state index < -0.39 is 9.84 Å². The fourth-order valence-electron chi connectivity index (χ4n) is 2.33. The summed E-state index contributed by atoms with van der Waals surface area (Å²) in [5.74, 6) is 1.97. The number of hydrogen-bond acceptors (Lipinski definition) is 7. The van der Waals surface area contributed by atoms with Crippen molar-refractivity contribution in [3.05, 3.63) is 6.07 Å². The molecule has 1 N–H and O–H groups in total. The highest BCUT2D eigenvalue weighted by atomic mass is 32.2. The van der Waals surface area contributed by atoms with Gasteiger partial charge in [-0.05, 0) is 19.6 Å². The Kier molecular flexibility index (Phi) is 5.32. The number of nitrogens with zero attached hydrogens (tertiary/aromatic N) is 3. The molecule has 1 aromatic rings. The van der Waals surface area contributed by atoms with E-state index in [-0.39, 0.29) is 17.5 Å². The van der Waals surface area contributed by atoms with Crippen LogP contribution in [0.3, 0.4) is 0 Å². The summed E-state index contributed by atoms with van der Waals surface area (Å²) in [5.41, 5.74) is 0. The molecule has 6 nitrogen and oxygen atoms in total. The first-order chi connectivity index (χ1) is 9.95. The molecule has 21 heavy (non-hydrogen) atoms. The number of aromatic nitrogens is 2. The molecule has 8 heteroatoms. The second-order valence-electron chi connectivity index (χ2n) is 5.18. The highest BCUT2D eigenvalue weighted by Crippen LogP contribution is 2.24. The molecule has 1 aromatic heterocycles. The van der Waals surface area contributed by atoms with Crippen LogP contribution in [0.5, 0.6) is 0 Å². The van der Waals surface area contributed by atoms with E-state index in [9.17, 15) is 8.42 Å². The summed E-state index contributed by atoms with van der Waals surface area (Å²) in [4.78, 5) is 11.0. The van der Waals surface area contributed by atoms with Crippen LogP contribution in [0.4, 0.5) is 11.6 Å². The summed E-state index contributed by atoms with van der Waals surface area (Å²) in [6, 6.07) is 1.84. The molecule has 1 atom stereocenters. The smallest absolute Gasteiger partial charge is 0.191 e. The van der Waals surface area contributed by atoms with Crippen LogP contribution in [0.25, 0.3) is 0 Å². The van der Waals surface area contributed by atoms with E-state index >= 15 is 0 Å². The summed E-state index contributed by atoms with van der Waals surface area (Å²) in [6.07, 6.45) is 2.96. The first kappa shape index (κ1) is 16.4. The second-order valence-corrected chi connectivity index (χ2v) is 8.18. The summed E-state index contributed by atoms with van der Waals surface area (Å²) in [7, 11) is -2.92. The van der Waals surface area contributed by atoms with Crippen LogP contribution in [-0.2, 0) is 9.84 Å². The van der Waals surface area contributed by atoms with E-state index in [2.05, 4.69) is 27.1 Å². The van der Waals surface area contributed by atoms with Gasteiger partial charge in [-0.1, -0.05) is 18.7 Å². The van der Waals surface area contributed by atoms with Crippen LogP contribution in [0.1, 0.15) is 20.3 Å². The minimum atomic E-state index is -2.92. The Hall–Kier alpha value is -1.02. The summed E-state index contributed by atoms with van der Waals surface area (Å²) in [5, 5.41) is 3.97. The molecule has 1 saturated heterocycles. The average molecular weight is 330 g/mol. The lowest BCUT2D eigenvalue weighted by atomic mass is 10.3. The molecule has 0 saturated carbocycles. The lowest BCUT2D eigenvalue weighted by Crippen LogP contribution is -2.47. The number of hydrogen-bond donors (Lipinski definition) is 1. The van der Waals surface area contributed by atoms with E-state index in [1.54, 1.807) is 0 Å². The van der Waals surface area contributed by atoms with E-state index in [4.69, 9.17) is 0 Å². The summed E-state index contributed by atoms with van der Waals surface area (Å²) >= 11 is 1.49. The Morgan fingerprint density at radius 3 is 2.86 bits per heavy atom. The van der Waals surface area contributed by atoms with Crippen LogP contribution in [-0.4, -0.2) is 55.3 Å². The van der Waals surface area contributed by atoms with Gasteiger partial charge < -0.3 is 10.2 Å². The lowest BCUT2D eigenvalue weighted by Gasteiger charge is -2.34. The fourth-order valence-corrected chi connectivity index (χ4v) is 4.26. The Morgan fingerprint density at radius 2 is 2.24 bits per heavy atom. The van der Waals surface area contributed by atoms with Gasteiger partial charge in [0.05, 0.1) is 11.5 Å². The van der Waals surface area contributed by atoms with Gasteiger partial charge in [-0.15, -0.1) is 0 Å². The van der Waals surface area contributed by atoms with Gasteiger partial charge in [-0.3, -0.25) is 0 Å². The predicted octanol–water partition coefficient (Wildman–Crippen LogP) is 1.64. The first-order valence-corrected chi connectivity index (χ1v) is 10.1. The highest BCUT2D eigenvalue weighted by molar-refractivity contribution is 7.98. The van der Waals surface area contributed by atoms with Crippen molar-refractivity contribution in [3.8, 4) is 0 Å². The molecule has 1 aliphatic heterocycles. The molecule has 1 unspecified atom stereocenters. The number of sulfone groups is 1. The molecule has 0 amide bonds. The summed E-state index contributed by atoms with van der Waals surface area (Å²) in [6.45, 7) is 5.37. The van der Waals surface area contributed by atoms with Crippen molar-refractivity contribution in [1.29, 1.82) is 0 Å². The molecule has 1 aliphatic rings. The maximum absolute atomic E-state index is 11.7. The van der Waals surface area contributed by atoms with Gasteiger partial charge in [0.15, 0.2) is 15.0 Å².